The van der Waals surface area contributed by atoms with E-state index in [4.69, 9.17) is 10.5 Å². The van der Waals surface area contributed by atoms with Gasteiger partial charge >= 0.3 is 0 Å². The molecule has 1 fully saturated rings. The minimum Gasteiger partial charge on any atom is -0.384 e. The van der Waals surface area contributed by atoms with E-state index in [2.05, 4.69) is 17.1 Å². The number of nitrogens with zero attached hydrogens (tertiary/aromatic N) is 1. The maximum absolute atomic E-state index is 11.7. The van der Waals surface area contributed by atoms with Crippen LogP contribution in [0.2, 0.25) is 0 Å². The Hall–Kier alpha value is -0.650. The largest absolute Gasteiger partial charge is 0.384 e. The molecule has 1 atom stereocenters. The van der Waals surface area contributed by atoms with Gasteiger partial charge in [-0.3, -0.25) is 4.79 Å². The smallest absolute Gasteiger partial charge is 0.238 e. The number of methoxy groups -OCH3 is 1. The molecule has 1 unspecified atom stereocenters. The van der Waals surface area contributed by atoms with Crippen LogP contribution in [0.1, 0.15) is 33.1 Å². The molecule has 1 saturated heterocycles. The second-order valence-electron chi connectivity index (χ2n) is 5.80. The number of amides is 1. The van der Waals surface area contributed by atoms with Crippen LogP contribution in [0.25, 0.3) is 0 Å². The Morgan fingerprint density at radius 3 is 2.58 bits per heavy atom. The van der Waals surface area contributed by atoms with Gasteiger partial charge in [-0.15, -0.1) is 0 Å². The predicted molar refractivity (Wildman–Crippen MR) is 76.9 cm³/mol. The van der Waals surface area contributed by atoms with E-state index in [0.29, 0.717) is 12.5 Å². The van der Waals surface area contributed by atoms with Gasteiger partial charge in [0, 0.05) is 20.3 Å². The number of rotatable bonds is 8. The third kappa shape index (κ3) is 5.09. The van der Waals surface area contributed by atoms with E-state index in [1.807, 2.05) is 6.92 Å². The Morgan fingerprint density at radius 2 is 2.11 bits per heavy atom. The highest BCUT2D eigenvalue weighted by Gasteiger charge is 2.33. The van der Waals surface area contributed by atoms with E-state index >= 15 is 0 Å². The maximum Gasteiger partial charge on any atom is 0.238 e. The highest BCUT2D eigenvalue weighted by molar-refractivity contribution is 5.84. The van der Waals surface area contributed by atoms with Gasteiger partial charge in [-0.25, -0.2) is 0 Å². The van der Waals surface area contributed by atoms with Crippen LogP contribution in [0.15, 0.2) is 0 Å². The fourth-order valence-corrected chi connectivity index (χ4v) is 2.62. The first-order chi connectivity index (χ1) is 9.01. The van der Waals surface area contributed by atoms with Crippen LogP contribution in [0.5, 0.6) is 0 Å². The van der Waals surface area contributed by atoms with Gasteiger partial charge in [0.1, 0.15) is 5.54 Å². The third-order valence-electron chi connectivity index (χ3n) is 3.96. The lowest BCUT2D eigenvalue weighted by Crippen LogP contribution is -2.60. The Morgan fingerprint density at radius 1 is 1.47 bits per heavy atom. The molecule has 112 valence electrons. The van der Waals surface area contributed by atoms with Crippen molar-refractivity contribution in [1.82, 2.24) is 10.2 Å². The van der Waals surface area contributed by atoms with Gasteiger partial charge in [0.15, 0.2) is 0 Å². The molecule has 1 aliphatic heterocycles. The molecule has 1 rings (SSSR count). The average molecular weight is 271 g/mol. The summed E-state index contributed by atoms with van der Waals surface area (Å²) in [6.07, 6.45) is 3.27. The van der Waals surface area contributed by atoms with Crippen LogP contribution in [0, 0.1) is 5.92 Å². The Balaban J connectivity index is 2.45. The number of nitrogens with two attached hydrogens (primary N) is 1. The normalized spacial score (nSPS) is 21.2. The van der Waals surface area contributed by atoms with Crippen LogP contribution >= 0.6 is 0 Å². The minimum absolute atomic E-state index is 0.264. The number of piperidine rings is 1. The monoisotopic (exact) mass is 271 g/mol. The van der Waals surface area contributed by atoms with Crippen LogP contribution in [-0.4, -0.2) is 56.2 Å². The molecule has 0 aromatic heterocycles. The SMILES string of the molecule is CCCNC(C)(CN1CCC(COC)CC1)C(N)=O. The van der Waals surface area contributed by atoms with Gasteiger partial charge in [0.2, 0.25) is 5.91 Å². The standard InChI is InChI=1S/C14H29N3O2/c1-4-7-16-14(2,13(15)18)11-17-8-5-12(6-9-17)10-19-3/h12,16H,4-11H2,1-3H3,(H2,15,18). The van der Waals surface area contributed by atoms with Crippen molar-refractivity contribution in [2.75, 3.05) is 39.9 Å². The number of hydrogen-bond donors (Lipinski definition) is 2. The van der Waals surface area contributed by atoms with Crippen molar-refractivity contribution in [3.05, 3.63) is 0 Å². The third-order valence-corrected chi connectivity index (χ3v) is 3.96. The predicted octanol–water partition coefficient (Wildman–Crippen LogP) is 0.588. The van der Waals surface area contributed by atoms with Crippen molar-refractivity contribution in [2.24, 2.45) is 11.7 Å². The number of likely N-dealkylation sites (tertiary alicyclic amines) is 1. The summed E-state index contributed by atoms with van der Waals surface area (Å²) in [6.45, 7) is 8.39. The van der Waals surface area contributed by atoms with E-state index in [1.165, 1.54) is 0 Å². The highest BCUT2D eigenvalue weighted by Crippen LogP contribution is 2.19. The summed E-state index contributed by atoms with van der Waals surface area (Å²) < 4.78 is 5.20. The van der Waals surface area contributed by atoms with Crippen LogP contribution in [0.3, 0.4) is 0 Å². The molecule has 0 radical (unpaired) electrons. The fourth-order valence-electron chi connectivity index (χ4n) is 2.62. The maximum atomic E-state index is 11.7. The summed E-state index contributed by atoms with van der Waals surface area (Å²) in [5, 5.41) is 3.29. The minimum atomic E-state index is -0.621. The first kappa shape index (κ1) is 16.4. The number of carbonyl (C=O) groups excluding carboxylic acids is 1. The molecule has 0 aliphatic carbocycles. The number of carbonyl (C=O) groups is 1. The van der Waals surface area contributed by atoms with Gasteiger partial charge in [-0.2, -0.15) is 0 Å². The zero-order chi connectivity index (χ0) is 14.3. The molecule has 1 aliphatic rings. The van der Waals surface area contributed by atoms with Crippen molar-refractivity contribution in [1.29, 1.82) is 0 Å². The van der Waals surface area contributed by atoms with E-state index in [0.717, 1.165) is 45.5 Å². The molecule has 1 heterocycles. The van der Waals surface area contributed by atoms with Crippen molar-refractivity contribution < 1.29 is 9.53 Å². The summed E-state index contributed by atoms with van der Waals surface area (Å²) in [4.78, 5) is 14.0. The van der Waals surface area contributed by atoms with Crippen LogP contribution in [0.4, 0.5) is 0 Å². The topological polar surface area (TPSA) is 67.6 Å². The van der Waals surface area contributed by atoms with Crippen molar-refractivity contribution >= 4 is 5.91 Å². The van der Waals surface area contributed by atoms with Gasteiger partial charge in [-0.05, 0) is 51.7 Å². The van der Waals surface area contributed by atoms with Crippen molar-refractivity contribution in [3.8, 4) is 0 Å². The molecule has 0 aromatic carbocycles. The quantitative estimate of drug-likeness (QED) is 0.678. The van der Waals surface area contributed by atoms with Crippen LogP contribution in [-0.2, 0) is 9.53 Å². The Labute approximate surface area is 116 Å². The lowest BCUT2D eigenvalue weighted by Gasteiger charge is -2.38. The molecule has 0 aromatic rings. The number of ether oxygens (including phenoxy) is 1. The van der Waals surface area contributed by atoms with E-state index in [1.54, 1.807) is 7.11 Å². The van der Waals surface area contributed by atoms with Gasteiger partial charge in [0.25, 0.3) is 0 Å². The highest BCUT2D eigenvalue weighted by atomic mass is 16.5. The summed E-state index contributed by atoms with van der Waals surface area (Å²) in [5.41, 5.74) is 4.93. The van der Waals surface area contributed by atoms with Crippen LogP contribution < -0.4 is 11.1 Å². The summed E-state index contributed by atoms with van der Waals surface area (Å²) in [6, 6.07) is 0. The van der Waals surface area contributed by atoms with Gasteiger partial charge in [-0.1, -0.05) is 6.92 Å². The molecule has 0 saturated carbocycles. The lowest BCUT2D eigenvalue weighted by atomic mass is 9.94. The number of hydrogen-bond acceptors (Lipinski definition) is 4. The summed E-state index contributed by atoms with van der Waals surface area (Å²) >= 11 is 0. The molecule has 1 amide bonds. The second-order valence-corrected chi connectivity index (χ2v) is 5.80. The average Bonchev–Trinajstić information content (AvgIpc) is 2.39. The van der Waals surface area contributed by atoms with Crippen molar-refractivity contribution in [3.63, 3.8) is 0 Å². The summed E-state index contributed by atoms with van der Waals surface area (Å²) in [5.74, 6) is 0.393. The number of primary amides is 1. The fraction of sp³-hybridized carbons (Fsp3) is 0.929. The second kappa shape index (κ2) is 7.82. The molecule has 0 bridgehead atoms. The molecular formula is C14H29N3O2. The lowest BCUT2D eigenvalue weighted by molar-refractivity contribution is -0.124. The summed E-state index contributed by atoms with van der Waals surface area (Å²) in [7, 11) is 1.76. The molecule has 5 nitrogen and oxygen atoms in total. The van der Waals surface area contributed by atoms with E-state index in [-0.39, 0.29) is 5.91 Å². The Kier molecular flexibility index (Phi) is 6.75. The van der Waals surface area contributed by atoms with Gasteiger partial charge in [0.05, 0.1) is 0 Å². The Bertz CT molecular complexity index is 278. The first-order valence-corrected chi connectivity index (χ1v) is 7.28. The zero-order valence-electron chi connectivity index (χ0n) is 12.6. The first-order valence-electron chi connectivity index (χ1n) is 7.28. The molecule has 3 N–H and O–H groups in total. The zero-order valence-corrected chi connectivity index (χ0v) is 12.6. The molecular weight excluding hydrogens is 242 g/mol. The molecule has 0 spiro atoms. The van der Waals surface area contributed by atoms with Gasteiger partial charge < -0.3 is 20.7 Å². The molecule has 19 heavy (non-hydrogen) atoms. The number of nitrogens with one attached hydrogen (secondary N) is 1. The van der Waals surface area contributed by atoms with Crippen molar-refractivity contribution in [2.45, 2.75) is 38.6 Å². The van der Waals surface area contributed by atoms with E-state index < -0.39 is 5.54 Å². The molecule has 5 heteroatoms. The van der Waals surface area contributed by atoms with E-state index in [9.17, 15) is 4.79 Å².